The van der Waals surface area contributed by atoms with Crippen LogP contribution in [0, 0.1) is 0 Å². The predicted octanol–water partition coefficient (Wildman–Crippen LogP) is 4.10. The lowest BCUT2D eigenvalue weighted by Gasteiger charge is -2.24. The van der Waals surface area contributed by atoms with Crippen LogP contribution in [0.15, 0.2) is 48.9 Å². The molecule has 4 aromatic rings. The highest BCUT2D eigenvalue weighted by molar-refractivity contribution is 7.87. The van der Waals surface area contributed by atoms with Crippen molar-refractivity contribution >= 4 is 33.1 Å². The van der Waals surface area contributed by atoms with Crippen molar-refractivity contribution in [1.29, 1.82) is 0 Å². The number of aryl methyl sites for hydroxylation is 1. The summed E-state index contributed by atoms with van der Waals surface area (Å²) in [6.07, 6.45) is 10.5. The van der Waals surface area contributed by atoms with Crippen molar-refractivity contribution in [1.82, 2.24) is 33.8 Å². The second-order valence-electron chi connectivity index (χ2n) is 12.8. The number of carbonyl (C=O) groups is 2. The maximum absolute atomic E-state index is 13.2. The molecule has 6 rings (SSSR count). The van der Waals surface area contributed by atoms with Gasteiger partial charge in [0, 0.05) is 68.9 Å². The molecule has 47 heavy (non-hydrogen) atoms. The van der Waals surface area contributed by atoms with Gasteiger partial charge >= 0.3 is 16.2 Å². The Bertz CT molecular complexity index is 1910. The van der Waals surface area contributed by atoms with Crippen molar-refractivity contribution in [3.63, 3.8) is 0 Å². The molecule has 0 spiro atoms. The van der Waals surface area contributed by atoms with Crippen LogP contribution >= 0.6 is 0 Å². The number of methoxy groups -OCH3 is 1. The first kappa shape index (κ1) is 32.6. The number of amides is 3. The third-order valence-electron chi connectivity index (χ3n) is 9.28. The normalized spacial score (nSPS) is 16.7. The Kier molecular flexibility index (Phi) is 9.29. The van der Waals surface area contributed by atoms with Crippen molar-refractivity contribution in [2.45, 2.75) is 63.5 Å². The van der Waals surface area contributed by atoms with Crippen LogP contribution in [0.2, 0.25) is 0 Å². The minimum atomic E-state index is -3.97. The number of hydrogen-bond acceptors (Lipinski definition) is 6. The second-order valence-corrected chi connectivity index (χ2v) is 14.6. The molecule has 0 saturated heterocycles. The Morgan fingerprint density at radius 2 is 1.87 bits per heavy atom. The summed E-state index contributed by atoms with van der Waals surface area (Å²) in [7, 11) is 2.33. The van der Waals surface area contributed by atoms with Crippen molar-refractivity contribution in [2.24, 2.45) is 7.05 Å². The standard InChI is InChI=1S/C34H43N7O5S/c1-39(2)47(44,45)38-33(42)23-10-12-29-30(18-23)41-20-26(37-34(43)35-15-14-25-19-40(3)21-36-25)16-24-17-27(46-4)11-13-28(24)32(41)31(29)22-8-6-5-7-9-22/h10-13,17-19,21-22,26H,5-9,14-16,20H2,1-4H3,(H,38,42)(H2,35,37,43). The number of aromatic nitrogens is 3. The number of rotatable bonds is 9. The van der Waals surface area contributed by atoms with Gasteiger partial charge in [-0.25, -0.2) is 14.5 Å². The molecule has 1 atom stereocenters. The lowest BCUT2D eigenvalue weighted by Crippen LogP contribution is -2.45. The first-order valence-corrected chi connectivity index (χ1v) is 17.6. The quantitative estimate of drug-likeness (QED) is 0.247. The van der Waals surface area contributed by atoms with Crippen LogP contribution in [0.25, 0.3) is 22.2 Å². The number of nitrogens with zero attached hydrogens (tertiary/aromatic N) is 4. The molecule has 0 radical (unpaired) electrons. The van der Waals surface area contributed by atoms with E-state index < -0.39 is 16.1 Å². The first-order chi connectivity index (χ1) is 22.5. The minimum absolute atomic E-state index is 0.245. The molecule has 1 fully saturated rings. The van der Waals surface area contributed by atoms with Crippen LogP contribution < -0.4 is 20.1 Å². The van der Waals surface area contributed by atoms with Crippen LogP contribution in [0.5, 0.6) is 5.75 Å². The molecule has 3 heterocycles. The van der Waals surface area contributed by atoms with Gasteiger partial charge in [0.05, 0.1) is 30.9 Å². The second kappa shape index (κ2) is 13.4. The maximum atomic E-state index is 13.2. The van der Waals surface area contributed by atoms with Gasteiger partial charge in [-0.2, -0.15) is 12.7 Å². The van der Waals surface area contributed by atoms with E-state index in [2.05, 4.69) is 31.0 Å². The summed E-state index contributed by atoms with van der Waals surface area (Å²) >= 11 is 0. The third-order valence-corrected chi connectivity index (χ3v) is 10.7. The number of hydrogen-bond donors (Lipinski definition) is 3. The van der Waals surface area contributed by atoms with Gasteiger partial charge in [-0.1, -0.05) is 25.3 Å². The molecule has 1 aliphatic carbocycles. The molecule has 250 valence electrons. The van der Waals surface area contributed by atoms with Crippen molar-refractivity contribution in [3.8, 4) is 17.0 Å². The monoisotopic (exact) mass is 661 g/mol. The Hall–Kier alpha value is -4.36. The molecular weight excluding hydrogens is 618 g/mol. The van der Waals surface area contributed by atoms with Crippen LogP contribution in [-0.4, -0.2) is 72.6 Å². The van der Waals surface area contributed by atoms with Crippen LogP contribution in [-0.2, 0) is 36.6 Å². The van der Waals surface area contributed by atoms with Gasteiger partial charge in [0.25, 0.3) is 5.91 Å². The van der Waals surface area contributed by atoms with E-state index in [4.69, 9.17) is 4.74 Å². The van der Waals surface area contributed by atoms with E-state index in [1.165, 1.54) is 26.1 Å². The summed E-state index contributed by atoms with van der Waals surface area (Å²) in [5, 5.41) is 7.23. The van der Waals surface area contributed by atoms with Gasteiger partial charge in [-0.15, -0.1) is 0 Å². The topological polar surface area (TPSA) is 140 Å². The lowest BCUT2D eigenvalue weighted by molar-refractivity contribution is 0.0979. The highest BCUT2D eigenvalue weighted by atomic mass is 32.2. The number of nitrogens with one attached hydrogen (secondary N) is 3. The summed E-state index contributed by atoms with van der Waals surface area (Å²) in [5.74, 6) is 0.383. The predicted molar refractivity (Wildman–Crippen MR) is 181 cm³/mol. The number of carbonyl (C=O) groups excluding carboxylic acids is 2. The molecule has 2 aliphatic rings. The summed E-state index contributed by atoms with van der Waals surface area (Å²) in [4.78, 5) is 30.8. The number of benzene rings is 2. The van der Waals surface area contributed by atoms with E-state index >= 15 is 0 Å². The zero-order valence-corrected chi connectivity index (χ0v) is 28.2. The highest BCUT2D eigenvalue weighted by Crippen LogP contribution is 2.46. The fourth-order valence-corrected chi connectivity index (χ4v) is 7.48. The van der Waals surface area contributed by atoms with E-state index in [0.29, 0.717) is 31.8 Å². The SMILES string of the molecule is COc1ccc2c(c1)CC(NC(=O)NCCc1cn(C)cn1)Cn1c-2c(C2CCCCC2)c2ccc(C(=O)NS(=O)(=O)N(C)C)cc21. The van der Waals surface area contributed by atoms with Gasteiger partial charge in [0.1, 0.15) is 5.75 Å². The van der Waals surface area contributed by atoms with Gasteiger partial charge in [-0.3, -0.25) is 4.79 Å². The average Bonchev–Trinajstić information content (AvgIpc) is 3.56. The van der Waals surface area contributed by atoms with Gasteiger partial charge in [0.2, 0.25) is 0 Å². The zero-order chi connectivity index (χ0) is 33.3. The summed E-state index contributed by atoms with van der Waals surface area (Å²) in [6, 6.07) is 11.0. The van der Waals surface area contributed by atoms with Crippen molar-refractivity contribution < 1.29 is 22.7 Å². The molecule has 1 saturated carbocycles. The highest BCUT2D eigenvalue weighted by Gasteiger charge is 2.32. The third kappa shape index (κ3) is 6.86. The van der Waals surface area contributed by atoms with Gasteiger partial charge < -0.3 is 24.5 Å². The summed E-state index contributed by atoms with van der Waals surface area (Å²) in [6.45, 7) is 0.905. The summed E-state index contributed by atoms with van der Waals surface area (Å²) < 4.78 is 37.8. The number of ether oxygens (including phenoxy) is 1. The van der Waals surface area contributed by atoms with Crippen molar-refractivity contribution in [2.75, 3.05) is 27.7 Å². The number of fused-ring (bicyclic) bond motifs is 5. The zero-order valence-electron chi connectivity index (χ0n) is 27.4. The molecule has 13 heteroatoms. The van der Waals surface area contributed by atoms with Gasteiger partial charge in [-0.05, 0) is 66.6 Å². The smallest absolute Gasteiger partial charge is 0.315 e. The molecule has 0 bridgehead atoms. The van der Waals surface area contributed by atoms with E-state index in [0.717, 1.165) is 69.2 Å². The Labute approximate surface area is 275 Å². The maximum Gasteiger partial charge on any atom is 0.315 e. The van der Waals surface area contributed by atoms with Crippen LogP contribution in [0.4, 0.5) is 4.79 Å². The van der Waals surface area contributed by atoms with E-state index in [9.17, 15) is 18.0 Å². The molecule has 1 aliphatic heterocycles. The largest absolute Gasteiger partial charge is 0.497 e. The molecule has 12 nitrogen and oxygen atoms in total. The van der Waals surface area contributed by atoms with E-state index in [-0.39, 0.29) is 17.6 Å². The fourth-order valence-electron chi connectivity index (χ4n) is 6.95. The fraction of sp³-hybridized carbons (Fsp3) is 0.441. The number of urea groups is 1. The van der Waals surface area contributed by atoms with Crippen molar-refractivity contribution in [3.05, 3.63) is 71.3 Å². The van der Waals surface area contributed by atoms with Crippen LogP contribution in [0.1, 0.15) is 65.2 Å². The molecule has 3 N–H and O–H groups in total. The Balaban J connectivity index is 1.41. The number of imidazole rings is 1. The average molecular weight is 662 g/mol. The van der Waals surface area contributed by atoms with Crippen LogP contribution in [0.3, 0.4) is 0 Å². The first-order valence-electron chi connectivity index (χ1n) is 16.1. The Morgan fingerprint density at radius 3 is 2.57 bits per heavy atom. The molecule has 3 amide bonds. The molecule has 1 unspecified atom stereocenters. The van der Waals surface area contributed by atoms with Gasteiger partial charge in [0.15, 0.2) is 0 Å². The molecule has 2 aromatic heterocycles. The lowest BCUT2D eigenvalue weighted by atomic mass is 9.81. The Morgan fingerprint density at radius 1 is 1.09 bits per heavy atom. The van der Waals surface area contributed by atoms with E-state index in [1.807, 2.05) is 36.0 Å². The summed E-state index contributed by atoms with van der Waals surface area (Å²) in [5.41, 5.74) is 6.46. The van der Waals surface area contributed by atoms with E-state index in [1.54, 1.807) is 25.6 Å². The molecular formula is C34H43N7O5S. The molecule has 2 aromatic carbocycles. The minimum Gasteiger partial charge on any atom is -0.497 e.